The van der Waals surface area contributed by atoms with Crippen molar-refractivity contribution in [2.45, 2.75) is 46.5 Å². The van der Waals surface area contributed by atoms with Crippen molar-refractivity contribution < 1.29 is 9.53 Å². The number of nitrogens with one attached hydrogen (secondary N) is 1. The Kier molecular flexibility index (Phi) is 7.01. The molecule has 0 spiro atoms. The lowest BCUT2D eigenvalue weighted by Crippen LogP contribution is -2.23. The molecular weight excluding hydrogens is 238 g/mol. The molecule has 0 unspecified atom stereocenters. The molecule has 1 aromatic rings. The first-order chi connectivity index (χ1) is 9.22. The van der Waals surface area contributed by atoms with Gasteiger partial charge in [0.2, 0.25) is 5.91 Å². The van der Waals surface area contributed by atoms with Gasteiger partial charge in [0.05, 0.1) is 12.3 Å². The van der Waals surface area contributed by atoms with Crippen LogP contribution in [-0.4, -0.2) is 12.5 Å². The lowest BCUT2D eigenvalue weighted by molar-refractivity contribution is -0.120. The van der Waals surface area contributed by atoms with E-state index in [0.717, 1.165) is 37.1 Å². The van der Waals surface area contributed by atoms with Gasteiger partial charge in [-0.05, 0) is 31.9 Å². The molecule has 3 heteroatoms. The third-order valence-electron chi connectivity index (χ3n) is 3.09. The summed E-state index contributed by atoms with van der Waals surface area (Å²) in [6.45, 7) is 6.77. The minimum Gasteiger partial charge on any atom is -0.492 e. The van der Waals surface area contributed by atoms with E-state index in [4.69, 9.17) is 4.74 Å². The molecule has 1 amide bonds. The van der Waals surface area contributed by atoms with E-state index in [1.165, 1.54) is 0 Å². The smallest absolute Gasteiger partial charge is 0.227 e. The van der Waals surface area contributed by atoms with Crippen LogP contribution < -0.4 is 10.1 Å². The first-order valence-corrected chi connectivity index (χ1v) is 7.25. The Morgan fingerprint density at radius 2 is 1.79 bits per heavy atom. The summed E-state index contributed by atoms with van der Waals surface area (Å²) in [6, 6.07) is 7.59. The number of anilines is 1. The quantitative estimate of drug-likeness (QED) is 0.761. The standard InChI is InChI=1S/C16H25NO2/c1-4-9-13(10-5-2)16(18)17-14-11-7-8-12-15(14)19-6-3/h7-8,11-13H,4-6,9-10H2,1-3H3,(H,17,18). The molecule has 0 saturated carbocycles. The minimum atomic E-state index is 0.102. The monoisotopic (exact) mass is 263 g/mol. The molecular formula is C16H25NO2. The molecule has 0 aromatic heterocycles. The van der Waals surface area contributed by atoms with Crippen molar-refractivity contribution in [1.29, 1.82) is 0 Å². The minimum absolute atomic E-state index is 0.102. The zero-order valence-electron chi connectivity index (χ0n) is 12.2. The average Bonchev–Trinajstić information content (AvgIpc) is 2.41. The maximum Gasteiger partial charge on any atom is 0.227 e. The van der Waals surface area contributed by atoms with Crippen LogP contribution in [0.25, 0.3) is 0 Å². The van der Waals surface area contributed by atoms with Gasteiger partial charge in [-0.3, -0.25) is 4.79 Å². The van der Waals surface area contributed by atoms with Crippen LogP contribution in [0.5, 0.6) is 5.75 Å². The van der Waals surface area contributed by atoms with E-state index in [9.17, 15) is 4.79 Å². The zero-order chi connectivity index (χ0) is 14.1. The maximum absolute atomic E-state index is 12.3. The summed E-state index contributed by atoms with van der Waals surface area (Å²) in [6.07, 6.45) is 3.95. The summed E-state index contributed by atoms with van der Waals surface area (Å²) >= 11 is 0. The zero-order valence-corrected chi connectivity index (χ0v) is 12.2. The molecule has 0 aliphatic carbocycles. The van der Waals surface area contributed by atoms with Crippen LogP contribution in [0.1, 0.15) is 46.5 Å². The molecule has 0 aliphatic rings. The van der Waals surface area contributed by atoms with Gasteiger partial charge in [0.25, 0.3) is 0 Å². The van der Waals surface area contributed by atoms with Crippen LogP contribution in [0, 0.1) is 5.92 Å². The average molecular weight is 263 g/mol. The summed E-state index contributed by atoms with van der Waals surface area (Å²) in [7, 11) is 0. The molecule has 0 radical (unpaired) electrons. The van der Waals surface area contributed by atoms with Crippen molar-refractivity contribution in [2.24, 2.45) is 5.92 Å². The Morgan fingerprint density at radius 3 is 2.37 bits per heavy atom. The number of para-hydroxylation sites is 2. The second-order valence-electron chi connectivity index (χ2n) is 4.69. The van der Waals surface area contributed by atoms with Gasteiger partial charge in [-0.25, -0.2) is 0 Å². The van der Waals surface area contributed by atoms with Crippen molar-refractivity contribution >= 4 is 11.6 Å². The van der Waals surface area contributed by atoms with E-state index >= 15 is 0 Å². The Morgan fingerprint density at radius 1 is 1.16 bits per heavy atom. The summed E-state index contributed by atoms with van der Waals surface area (Å²) in [5.74, 6) is 0.950. The fourth-order valence-electron chi connectivity index (χ4n) is 2.19. The SMILES string of the molecule is CCCC(CCC)C(=O)Nc1ccccc1OCC. The Balaban J connectivity index is 2.74. The topological polar surface area (TPSA) is 38.3 Å². The highest BCUT2D eigenvalue weighted by Crippen LogP contribution is 2.25. The second-order valence-corrected chi connectivity index (χ2v) is 4.69. The molecule has 0 saturated heterocycles. The van der Waals surface area contributed by atoms with Gasteiger partial charge < -0.3 is 10.1 Å². The molecule has 1 N–H and O–H groups in total. The predicted octanol–water partition coefficient (Wildman–Crippen LogP) is 4.24. The lowest BCUT2D eigenvalue weighted by Gasteiger charge is -2.17. The third kappa shape index (κ3) is 4.93. The van der Waals surface area contributed by atoms with E-state index in [2.05, 4.69) is 19.2 Å². The van der Waals surface area contributed by atoms with Crippen molar-refractivity contribution in [3.8, 4) is 5.75 Å². The molecule has 0 heterocycles. The van der Waals surface area contributed by atoms with E-state index in [-0.39, 0.29) is 11.8 Å². The van der Waals surface area contributed by atoms with Gasteiger partial charge in [-0.15, -0.1) is 0 Å². The van der Waals surface area contributed by atoms with Crippen molar-refractivity contribution in [3.05, 3.63) is 24.3 Å². The number of rotatable bonds is 8. The van der Waals surface area contributed by atoms with Gasteiger partial charge in [0, 0.05) is 5.92 Å². The van der Waals surface area contributed by atoms with Crippen molar-refractivity contribution in [1.82, 2.24) is 0 Å². The Bertz CT molecular complexity index is 384. The normalized spacial score (nSPS) is 10.5. The second kappa shape index (κ2) is 8.57. The van der Waals surface area contributed by atoms with Gasteiger partial charge in [0.15, 0.2) is 0 Å². The highest BCUT2D eigenvalue weighted by atomic mass is 16.5. The molecule has 1 rings (SSSR count). The molecule has 3 nitrogen and oxygen atoms in total. The van der Waals surface area contributed by atoms with Crippen LogP contribution in [0.2, 0.25) is 0 Å². The fourth-order valence-corrected chi connectivity index (χ4v) is 2.19. The number of benzene rings is 1. The highest BCUT2D eigenvalue weighted by Gasteiger charge is 2.17. The number of hydrogen-bond acceptors (Lipinski definition) is 2. The summed E-state index contributed by atoms with van der Waals surface area (Å²) in [4.78, 5) is 12.3. The summed E-state index contributed by atoms with van der Waals surface area (Å²) in [5, 5.41) is 3.00. The largest absolute Gasteiger partial charge is 0.492 e. The molecule has 106 valence electrons. The van der Waals surface area contributed by atoms with Crippen LogP contribution in [0.4, 0.5) is 5.69 Å². The molecule has 0 bridgehead atoms. The maximum atomic E-state index is 12.3. The predicted molar refractivity (Wildman–Crippen MR) is 79.5 cm³/mol. The van der Waals surface area contributed by atoms with Gasteiger partial charge in [-0.1, -0.05) is 38.8 Å². The van der Waals surface area contributed by atoms with Crippen LogP contribution in [0.3, 0.4) is 0 Å². The lowest BCUT2D eigenvalue weighted by atomic mass is 9.97. The number of ether oxygens (including phenoxy) is 1. The van der Waals surface area contributed by atoms with Crippen LogP contribution in [-0.2, 0) is 4.79 Å². The summed E-state index contributed by atoms with van der Waals surface area (Å²) < 4.78 is 5.52. The van der Waals surface area contributed by atoms with E-state index in [0.29, 0.717) is 6.61 Å². The van der Waals surface area contributed by atoms with Crippen LogP contribution in [0.15, 0.2) is 24.3 Å². The number of carbonyl (C=O) groups excluding carboxylic acids is 1. The fraction of sp³-hybridized carbons (Fsp3) is 0.562. The Labute approximate surface area is 116 Å². The number of carbonyl (C=O) groups is 1. The third-order valence-corrected chi connectivity index (χ3v) is 3.09. The summed E-state index contributed by atoms with van der Waals surface area (Å²) in [5.41, 5.74) is 0.770. The van der Waals surface area contributed by atoms with Crippen molar-refractivity contribution in [3.63, 3.8) is 0 Å². The van der Waals surface area contributed by atoms with Crippen LogP contribution >= 0.6 is 0 Å². The molecule has 0 atom stereocenters. The van der Waals surface area contributed by atoms with E-state index in [1.807, 2.05) is 31.2 Å². The Hall–Kier alpha value is -1.51. The molecule has 19 heavy (non-hydrogen) atoms. The first kappa shape index (κ1) is 15.5. The molecule has 1 aromatic carbocycles. The van der Waals surface area contributed by atoms with Gasteiger partial charge >= 0.3 is 0 Å². The van der Waals surface area contributed by atoms with E-state index in [1.54, 1.807) is 0 Å². The van der Waals surface area contributed by atoms with E-state index < -0.39 is 0 Å². The molecule has 0 aliphatic heterocycles. The highest BCUT2D eigenvalue weighted by molar-refractivity contribution is 5.93. The first-order valence-electron chi connectivity index (χ1n) is 7.25. The number of hydrogen-bond donors (Lipinski definition) is 1. The van der Waals surface area contributed by atoms with Gasteiger partial charge in [0.1, 0.15) is 5.75 Å². The number of amides is 1. The molecule has 0 fully saturated rings. The van der Waals surface area contributed by atoms with Crippen molar-refractivity contribution in [2.75, 3.05) is 11.9 Å². The van der Waals surface area contributed by atoms with Gasteiger partial charge in [-0.2, -0.15) is 0 Å².